The third-order valence-corrected chi connectivity index (χ3v) is 4.10. The highest BCUT2D eigenvalue weighted by atomic mass is 35.5. The number of alkyl halides is 4. The van der Waals surface area contributed by atoms with E-state index in [1.165, 1.54) is 6.07 Å². The van der Waals surface area contributed by atoms with Crippen LogP contribution in [0.4, 0.5) is 18.9 Å². The summed E-state index contributed by atoms with van der Waals surface area (Å²) in [5.74, 6) is 0. The van der Waals surface area contributed by atoms with Crippen LogP contribution in [0.15, 0.2) is 24.3 Å². The topological polar surface area (TPSA) is 32.3 Å². The number of rotatable bonds is 4. The highest BCUT2D eigenvalue weighted by molar-refractivity contribution is 6.27. The Labute approximate surface area is 132 Å². The van der Waals surface area contributed by atoms with Crippen molar-refractivity contribution in [1.29, 1.82) is 0 Å². The molecule has 1 saturated heterocycles. The number of nitrogens with one attached hydrogen (secondary N) is 1. The van der Waals surface area contributed by atoms with E-state index in [-0.39, 0.29) is 6.04 Å². The Bertz CT molecular complexity index is 510. The van der Waals surface area contributed by atoms with E-state index in [9.17, 15) is 18.0 Å². The maximum absolute atomic E-state index is 12.7. The molecule has 1 N–H and O–H groups in total. The summed E-state index contributed by atoms with van der Waals surface area (Å²) in [6.07, 6.45) is -0.997. The lowest BCUT2D eigenvalue weighted by atomic mass is 10.1. The van der Waals surface area contributed by atoms with Crippen molar-refractivity contribution in [3.8, 4) is 0 Å². The molecule has 1 fully saturated rings. The second-order valence-corrected chi connectivity index (χ2v) is 5.87. The number of benzene rings is 1. The predicted octanol–water partition coefficient (Wildman–Crippen LogP) is 3.74. The molecule has 1 aromatic rings. The zero-order valence-corrected chi connectivity index (χ0v) is 12.7. The first kappa shape index (κ1) is 17.1. The molecule has 3 nitrogen and oxygen atoms in total. The van der Waals surface area contributed by atoms with E-state index in [1.807, 2.05) is 4.90 Å². The van der Waals surface area contributed by atoms with Crippen LogP contribution < -0.4 is 5.32 Å². The van der Waals surface area contributed by atoms with Crippen molar-refractivity contribution in [2.24, 2.45) is 0 Å². The number of anilines is 1. The van der Waals surface area contributed by atoms with Crippen molar-refractivity contribution in [2.45, 2.75) is 37.0 Å². The minimum Gasteiger partial charge on any atom is -0.381 e. The van der Waals surface area contributed by atoms with Gasteiger partial charge in [-0.1, -0.05) is 24.1 Å². The second-order valence-electron chi connectivity index (χ2n) is 5.42. The lowest BCUT2D eigenvalue weighted by Gasteiger charge is -2.27. The smallest absolute Gasteiger partial charge is 0.381 e. The van der Waals surface area contributed by atoms with Crippen molar-refractivity contribution in [2.75, 3.05) is 18.4 Å². The number of carbonyl (C=O) groups is 1. The van der Waals surface area contributed by atoms with Gasteiger partial charge < -0.3 is 10.1 Å². The molecule has 122 valence electrons. The zero-order valence-electron chi connectivity index (χ0n) is 11.9. The standard InChI is InChI=1S/C15H18ClF3N2O/c16-14(10-22)21-7-2-1-5-13(9-21)20-12-6-3-4-11(8-12)15(17,18)19/h3-4,6,8,10,13-14,20H,1-2,5,7,9H2/t13-,14+/m1/s1. The quantitative estimate of drug-likeness (QED) is 0.517. The summed E-state index contributed by atoms with van der Waals surface area (Å²) in [5, 5.41) is 3.13. The van der Waals surface area contributed by atoms with Gasteiger partial charge in [0.25, 0.3) is 0 Å². The maximum atomic E-state index is 12.7. The van der Waals surface area contributed by atoms with Gasteiger partial charge in [0.05, 0.1) is 5.56 Å². The van der Waals surface area contributed by atoms with E-state index in [2.05, 4.69) is 5.32 Å². The summed E-state index contributed by atoms with van der Waals surface area (Å²) in [6.45, 7) is 1.25. The van der Waals surface area contributed by atoms with Crippen LogP contribution in [-0.4, -0.2) is 35.8 Å². The molecule has 0 bridgehead atoms. The molecule has 2 atom stereocenters. The fourth-order valence-electron chi connectivity index (χ4n) is 2.62. The Kier molecular flexibility index (Phi) is 5.69. The minimum atomic E-state index is -4.36. The maximum Gasteiger partial charge on any atom is 0.416 e. The van der Waals surface area contributed by atoms with Gasteiger partial charge in [0.2, 0.25) is 0 Å². The molecule has 1 aliphatic rings. The third kappa shape index (κ3) is 4.61. The number of nitrogens with zero attached hydrogens (tertiary/aromatic N) is 1. The van der Waals surface area contributed by atoms with E-state index in [0.717, 1.165) is 31.4 Å². The van der Waals surface area contributed by atoms with E-state index in [4.69, 9.17) is 11.6 Å². The molecule has 22 heavy (non-hydrogen) atoms. The van der Waals surface area contributed by atoms with Gasteiger partial charge in [0, 0.05) is 24.8 Å². The average molecular weight is 335 g/mol. The van der Waals surface area contributed by atoms with Gasteiger partial charge in [0.15, 0.2) is 6.29 Å². The second kappa shape index (κ2) is 7.33. The first-order valence-corrected chi connectivity index (χ1v) is 7.61. The molecule has 1 aliphatic heterocycles. The van der Waals surface area contributed by atoms with Crippen LogP contribution in [0.3, 0.4) is 0 Å². The molecule has 1 aromatic carbocycles. The van der Waals surface area contributed by atoms with Gasteiger partial charge in [-0.15, -0.1) is 0 Å². The van der Waals surface area contributed by atoms with Crippen molar-refractivity contribution in [1.82, 2.24) is 4.90 Å². The molecular weight excluding hydrogens is 317 g/mol. The summed E-state index contributed by atoms with van der Waals surface area (Å²) in [4.78, 5) is 12.7. The molecule has 0 aromatic heterocycles. The molecule has 0 aliphatic carbocycles. The van der Waals surface area contributed by atoms with Crippen LogP contribution in [-0.2, 0) is 11.0 Å². The Hall–Kier alpha value is -1.27. The zero-order chi connectivity index (χ0) is 16.2. The molecule has 0 spiro atoms. The van der Waals surface area contributed by atoms with Crippen LogP contribution in [0.1, 0.15) is 24.8 Å². The summed E-state index contributed by atoms with van der Waals surface area (Å²) in [6, 6.07) is 5.11. The van der Waals surface area contributed by atoms with Gasteiger partial charge >= 0.3 is 6.18 Å². The van der Waals surface area contributed by atoms with Gasteiger partial charge in [-0.05, 0) is 31.0 Å². The van der Waals surface area contributed by atoms with Gasteiger partial charge in [-0.25, -0.2) is 0 Å². The average Bonchev–Trinajstić information content (AvgIpc) is 2.71. The summed E-state index contributed by atoms with van der Waals surface area (Å²) < 4.78 is 38.2. The lowest BCUT2D eigenvalue weighted by molar-refractivity contribution is -0.137. The van der Waals surface area contributed by atoms with Crippen LogP contribution in [0.5, 0.6) is 0 Å². The Morgan fingerprint density at radius 2 is 2.14 bits per heavy atom. The van der Waals surface area contributed by atoms with Crippen molar-refractivity contribution < 1.29 is 18.0 Å². The highest BCUT2D eigenvalue weighted by Crippen LogP contribution is 2.31. The lowest BCUT2D eigenvalue weighted by Crippen LogP contribution is -2.40. The summed E-state index contributed by atoms with van der Waals surface area (Å²) in [5.41, 5.74) is -0.936. The number of aldehydes is 1. The summed E-state index contributed by atoms with van der Waals surface area (Å²) >= 11 is 5.95. The van der Waals surface area contributed by atoms with Crippen LogP contribution in [0, 0.1) is 0 Å². The molecule has 7 heteroatoms. The number of halogens is 4. The molecular formula is C15H18ClF3N2O. The van der Waals surface area contributed by atoms with Crippen LogP contribution in [0.25, 0.3) is 0 Å². The molecule has 2 rings (SSSR count). The molecule has 0 saturated carbocycles. The molecule has 1 heterocycles. The van der Waals surface area contributed by atoms with Crippen LogP contribution in [0.2, 0.25) is 0 Å². The fraction of sp³-hybridized carbons (Fsp3) is 0.533. The number of hydrogen-bond donors (Lipinski definition) is 1. The normalized spacial score (nSPS) is 21.9. The molecule has 0 amide bonds. The predicted molar refractivity (Wildman–Crippen MR) is 80.0 cm³/mol. The monoisotopic (exact) mass is 334 g/mol. The Morgan fingerprint density at radius 1 is 1.36 bits per heavy atom. The minimum absolute atomic E-state index is 0.0350. The van der Waals surface area contributed by atoms with Crippen molar-refractivity contribution in [3.05, 3.63) is 29.8 Å². The number of carbonyl (C=O) groups excluding carboxylic acids is 1. The molecule has 0 radical (unpaired) electrons. The van der Waals surface area contributed by atoms with Crippen LogP contribution >= 0.6 is 11.6 Å². The first-order chi connectivity index (χ1) is 10.4. The number of likely N-dealkylation sites (tertiary alicyclic amines) is 1. The number of hydrogen-bond acceptors (Lipinski definition) is 3. The van der Waals surface area contributed by atoms with E-state index in [1.54, 1.807) is 6.07 Å². The fourth-order valence-corrected chi connectivity index (χ4v) is 2.80. The summed E-state index contributed by atoms with van der Waals surface area (Å²) in [7, 11) is 0. The highest BCUT2D eigenvalue weighted by Gasteiger charge is 2.30. The van der Waals surface area contributed by atoms with E-state index >= 15 is 0 Å². The Morgan fingerprint density at radius 3 is 2.82 bits per heavy atom. The van der Waals surface area contributed by atoms with Gasteiger partial charge in [-0.3, -0.25) is 4.90 Å². The van der Waals surface area contributed by atoms with Gasteiger partial charge in [-0.2, -0.15) is 13.2 Å². The Balaban J connectivity index is 2.07. The van der Waals surface area contributed by atoms with E-state index < -0.39 is 17.2 Å². The molecule has 0 unspecified atom stereocenters. The van der Waals surface area contributed by atoms with Gasteiger partial charge in [0.1, 0.15) is 5.50 Å². The van der Waals surface area contributed by atoms with Crippen molar-refractivity contribution in [3.63, 3.8) is 0 Å². The SMILES string of the molecule is O=C[C@@H](Cl)N1CCCC[C@@H](Nc2cccc(C(F)(F)F)c2)C1. The van der Waals surface area contributed by atoms with E-state index in [0.29, 0.717) is 25.1 Å². The van der Waals surface area contributed by atoms with Crippen molar-refractivity contribution >= 4 is 23.6 Å². The largest absolute Gasteiger partial charge is 0.416 e. The first-order valence-electron chi connectivity index (χ1n) is 7.17. The third-order valence-electron chi connectivity index (χ3n) is 3.72.